The molecule has 0 aliphatic carbocycles. The monoisotopic (exact) mass is 401 g/mol. The number of H-pyrrole nitrogens is 1. The summed E-state index contributed by atoms with van der Waals surface area (Å²) in [6.07, 6.45) is 0. The Morgan fingerprint density at radius 3 is 2.71 bits per heavy atom. The Bertz CT molecular complexity index is 1120. The molecule has 0 bridgehead atoms. The van der Waals surface area contributed by atoms with Gasteiger partial charge in [0, 0.05) is 17.5 Å². The molecule has 0 fully saturated rings. The number of nitrogens with one attached hydrogen (secondary N) is 2. The lowest BCUT2D eigenvalue weighted by Crippen LogP contribution is -2.28. The van der Waals surface area contributed by atoms with Crippen LogP contribution in [0.25, 0.3) is 10.9 Å². The Morgan fingerprint density at radius 1 is 1.25 bits per heavy atom. The first-order valence-electron chi connectivity index (χ1n) is 7.83. The number of non-ortho nitro benzene ring substituents is 1. The van der Waals surface area contributed by atoms with E-state index in [9.17, 15) is 24.8 Å². The van der Waals surface area contributed by atoms with Gasteiger partial charge in [0.2, 0.25) is 5.88 Å². The van der Waals surface area contributed by atoms with Crippen LogP contribution in [0, 0.1) is 10.1 Å². The molecule has 0 aliphatic rings. The van der Waals surface area contributed by atoms with Crippen LogP contribution in [-0.4, -0.2) is 33.4 Å². The van der Waals surface area contributed by atoms with E-state index in [1.807, 2.05) is 0 Å². The van der Waals surface area contributed by atoms with Crippen molar-refractivity contribution in [1.82, 2.24) is 10.3 Å². The average molecular weight is 402 g/mol. The molecule has 10 nitrogen and oxygen atoms in total. The van der Waals surface area contributed by atoms with E-state index < -0.39 is 29.2 Å². The van der Waals surface area contributed by atoms with E-state index in [1.165, 1.54) is 30.3 Å². The minimum Gasteiger partial charge on any atom is -0.493 e. The SMILES string of the molecule is O=C(CNC(=O)c1ccccc1Cl)N=Nc1c(O)[nH]c2ccc([N+](=O)[O-])cc12. The van der Waals surface area contributed by atoms with Crippen LogP contribution in [0.15, 0.2) is 52.7 Å². The number of azo groups is 1. The van der Waals surface area contributed by atoms with Crippen LogP contribution in [0.2, 0.25) is 5.02 Å². The summed E-state index contributed by atoms with van der Waals surface area (Å²) < 4.78 is 0. The molecule has 142 valence electrons. The van der Waals surface area contributed by atoms with Crippen LogP contribution in [0.3, 0.4) is 0 Å². The van der Waals surface area contributed by atoms with Gasteiger partial charge < -0.3 is 15.4 Å². The van der Waals surface area contributed by atoms with Crippen molar-refractivity contribution in [2.24, 2.45) is 10.2 Å². The molecule has 28 heavy (non-hydrogen) atoms. The molecule has 0 radical (unpaired) electrons. The third kappa shape index (κ3) is 3.96. The van der Waals surface area contributed by atoms with E-state index in [0.717, 1.165) is 0 Å². The Labute approximate surface area is 162 Å². The number of carbonyl (C=O) groups excluding carboxylic acids is 2. The maximum Gasteiger partial charge on any atom is 0.283 e. The maximum absolute atomic E-state index is 12.0. The summed E-state index contributed by atoms with van der Waals surface area (Å²) >= 11 is 5.90. The number of fused-ring (bicyclic) bond motifs is 1. The molecular weight excluding hydrogens is 390 g/mol. The second kappa shape index (κ2) is 7.84. The highest BCUT2D eigenvalue weighted by atomic mass is 35.5. The number of halogens is 1. The second-order valence-electron chi connectivity index (χ2n) is 5.57. The van der Waals surface area contributed by atoms with Crippen molar-refractivity contribution in [3.05, 3.63) is 63.2 Å². The van der Waals surface area contributed by atoms with Crippen LogP contribution in [0.4, 0.5) is 11.4 Å². The van der Waals surface area contributed by atoms with Crippen molar-refractivity contribution in [3.8, 4) is 5.88 Å². The van der Waals surface area contributed by atoms with Crippen LogP contribution >= 0.6 is 11.6 Å². The molecule has 0 spiro atoms. The fourth-order valence-corrected chi connectivity index (χ4v) is 2.63. The van der Waals surface area contributed by atoms with Crippen LogP contribution in [0.1, 0.15) is 10.4 Å². The molecule has 1 heterocycles. The van der Waals surface area contributed by atoms with Gasteiger partial charge in [-0.2, -0.15) is 0 Å². The molecule has 11 heteroatoms. The van der Waals surface area contributed by atoms with Crippen molar-refractivity contribution >= 4 is 45.7 Å². The number of nitro benzene ring substituents is 1. The molecule has 3 rings (SSSR count). The summed E-state index contributed by atoms with van der Waals surface area (Å²) in [5.41, 5.74) is 0.262. The first kappa shape index (κ1) is 19.0. The lowest BCUT2D eigenvalue weighted by molar-refractivity contribution is -0.384. The zero-order chi connectivity index (χ0) is 20.3. The second-order valence-corrected chi connectivity index (χ2v) is 5.97. The van der Waals surface area contributed by atoms with Crippen LogP contribution in [0.5, 0.6) is 5.88 Å². The minimum absolute atomic E-state index is 0.121. The summed E-state index contributed by atoms with van der Waals surface area (Å²) in [6.45, 7) is -0.448. The Kier molecular flexibility index (Phi) is 5.32. The molecule has 2 aromatic carbocycles. The zero-order valence-electron chi connectivity index (χ0n) is 14.0. The van der Waals surface area contributed by atoms with Gasteiger partial charge in [0.1, 0.15) is 6.54 Å². The summed E-state index contributed by atoms with van der Waals surface area (Å²) in [7, 11) is 0. The first-order valence-corrected chi connectivity index (χ1v) is 8.21. The highest BCUT2D eigenvalue weighted by molar-refractivity contribution is 6.33. The third-order valence-electron chi connectivity index (χ3n) is 3.73. The zero-order valence-corrected chi connectivity index (χ0v) is 14.8. The number of carbonyl (C=O) groups is 2. The van der Waals surface area contributed by atoms with Gasteiger partial charge in [0.25, 0.3) is 17.5 Å². The summed E-state index contributed by atoms with van der Waals surface area (Å²) in [5.74, 6) is -1.74. The fraction of sp³-hybridized carbons (Fsp3) is 0.0588. The highest BCUT2D eigenvalue weighted by Crippen LogP contribution is 2.37. The molecule has 0 unspecified atom stereocenters. The van der Waals surface area contributed by atoms with Gasteiger partial charge in [-0.15, -0.1) is 10.2 Å². The quantitative estimate of drug-likeness (QED) is 0.339. The average Bonchev–Trinajstić information content (AvgIpc) is 2.99. The number of nitro groups is 1. The highest BCUT2D eigenvalue weighted by Gasteiger charge is 2.16. The number of rotatable bonds is 5. The number of amides is 2. The lowest BCUT2D eigenvalue weighted by Gasteiger charge is -2.03. The number of nitrogens with zero attached hydrogens (tertiary/aromatic N) is 3. The van der Waals surface area contributed by atoms with Gasteiger partial charge in [-0.1, -0.05) is 23.7 Å². The largest absolute Gasteiger partial charge is 0.493 e. The minimum atomic E-state index is -0.792. The van der Waals surface area contributed by atoms with E-state index in [-0.39, 0.29) is 27.3 Å². The number of aromatic amines is 1. The van der Waals surface area contributed by atoms with Gasteiger partial charge in [0.05, 0.1) is 21.0 Å². The predicted molar refractivity (Wildman–Crippen MR) is 99.9 cm³/mol. The van der Waals surface area contributed by atoms with Crippen LogP contribution in [-0.2, 0) is 4.79 Å². The van der Waals surface area contributed by atoms with Crippen molar-refractivity contribution in [1.29, 1.82) is 0 Å². The first-order chi connectivity index (χ1) is 13.4. The molecule has 2 amide bonds. The molecule has 0 saturated heterocycles. The predicted octanol–water partition coefficient (Wildman–Crippen LogP) is 3.48. The Morgan fingerprint density at radius 2 is 2.00 bits per heavy atom. The van der Waals surface area contributed by atoms with Crippen molar-refractivity contribution < 1.29 is 19.6 Å². The third-order valence-corrected chi connectivity index (χ3v) is 4.06. The topological polar surface area (TPSA) is 150 Å². The van der Waals surface area contributed by atoms with Crippen LogP contribution < -0.4 is 5.32 Å². The summed E-state index contributed by atoms with van der Waals surface area (Å²) in [6, 6.07) is 10.2. The fourth-order valence-electron chi connectivity index (χ4n) is 2.40. The summed E-state index contributed by atoms with van der Waals surface area (Å²) in [4.78, 5) is 36.8. The number of benzene rings is 2. The molecule has 0 aliphatic heterocycles. The maximum atomic E-state index is 12.0. The molecular formula is C17H12ClN5O5. The van der Waals surface area contributed by atoms with E-state index in [0.29, 0.717) is 5.52 Å². The van der Waals surface area contributed by atoms with Gasteiger partial charge in [-0.05, 0) is 18.2 Å². The number of hydrogen-bond donors (Lipinski definition) is 3. The standard InChI is InChI=1S/C17H12ClN5O5/c18-12-4-2-1-3-10(12)16(25)19-8-14(24)21-22-15-11-7-9(23(27)28)5-6-13(11)20-17(15)26/h1-7,20,26H,8H2,(H,19,25). The van der Waals surface area contributed by atoms with Crippen molar-refractivity contribution in [3.63, 3.8) is 0 Å². The van der Waals surface area contributed by atoms with Gasteiger partial charge >= 0.3 is 0 Å². The summed E-state index contributed by atoms with van der Waals surface area (Å²) in [5, 5.41) is 30.7. The van der Waals surface area contributed by atoms with Gasteiger partial charge in [-0.3, -0.25) is 19.7 Å². The lowest BCUT2D eigenvalue weighted by atomic mass is 10.2. The van der Waals surface area contributed by atoms with E-state index >= 15 is 0 Å². The van der Waals surface area contributed by atoms with Gasteiger partial charge in [-0.25, -0.2) is 0 Å². The molecule has 3 N–H and O–H groups in total. The number of aromatic hydroxyl groups is 1. The van der Waals surface area contributed by atoms with E-state index in [4.69, 9.17) is 11.6 Å². The van der Waals surface area contributed by atoms with Crippen molar-refractivity contribution in [2.45, 2.75) is 0 Å². The number of aromatic nitrogens is 1. The van der Waals surface area contributed by atoms with Gasteiger partial charge in [0.15, 0.2) is 5.69 Å². The van der Waals surface area contributed by atoms with E-state index in [1.54, 1.807) is 12.1 Å². The molecule has 3 aromatic rings. The molecule has 0 saturated carbocycles. The van der Waals surface area contributed by atoms with Crippen molar-refractivity contribution in [2.75, 3.05) is 6.54 Å². The van der Waals surface area contributed by atoms with E-state index in [2.05, 4.69) is 20.5 Å². The Hall–Kier alpha value is -3.79. The molecule has 0 atom stereocenters. The number of hydrogen-bond acceptors (Lipinski definition) is 6. The molecule has 1 aromatic heterocycles. The Balaban J connectivity index is 1.73. The smallest absolute Gasteiger partial charge is 0.283 e. The normalized spacial score (nSPS) is 11.0.